The van der Waals surface area contributed by atoms with Crippen LogP contribution in [0.25, 0.3) is 10.8 Å². The van der Waals surface area contributed by atoms with Gasteiger partial charge in [-0.05, 0) is 19.1 Å². The van der Waals surface area contributed by atoms with Crippen LogP contribution in [0.4, 0.5) is 0 Å². The van der Waals surface area contributed by atoms with E-state index in [0.29, 0.717) is 29.4 Å². The third-order valence-corrected chi connectivity index (χ3v) is 3.20. The van der Waals surface area contributed by atoms with Gasteiger partial charge in [-0.15, -0.1) is 0 Å². The molecule has 0 unspecified atom stereocenters. The van der Waals surface area contributed by atoms with Crippen molar-refractivity contribution in [1.82, 2.24) is 0 Å². The van der Waals surface area contributed by atoms with E-state index in [2.05, 4.69) is 6.58 Å². The van der Waals surface area contributed by atoms with Crippen LogP contribution in [0.1, 0.15) is 17.3 Å². The maximum atomic E-state index is 11.9. The highest BCUT2D eigenvalue weighted by Crippen LogP contribution is 2.42. The van der Waals surface area contributed by atoms with Crippen molar-refractivity contribution in [2.24, 2.45) is 0 Å². The Morgan fingerprint density at radius 2 is 2.00 bits per heavy atom. The average molecular weight is 286 g/mol. The minimum absolute atomic E-state index is 0.0943. The third-order valence-electron chi connectivity index (χ3n) is 3.20. The first kappa shape index (κ1) is 14.9. The molecule has 0 fully saturated rings. The predicted octanol–water partition coefficient (Wildman–Crippen LogP) is 3.62. The van der Waals surface area contributed by atoms with Gasteiger partial charge in [0.2, 0.25) is 0 Å². The van der Waals surface area contributed by atoms with Crippen molar-refractivity contribution in [2.45, 2.75) is 6.92 Å². The zero-order chi connectivity index (χ0) is 15.4. The highest BCUT2D eigenvalue weighted by atomic mass is 16.5. The van der Waals surface area contributed by atoms with E-state index in [1.54, 1.807) is 19.3 Å². The lowest BCUT2D eigenvalue weighted by atomic mass is 10.0. The van der Waals surface area contributed by atoms with Crippen LogP contribution in [-0.2, 0) is 0 Å². The van der Waals surface area contributed by atoms with E-state index in [0.717, 1.165) is 10.8 Å². The number of carbonyl (C=O) groups is 1. The van der Waals surface area contributed by atoms with Gasteiger partial charge in [-0.25, -0.2) is 0 Å². The van der Waals surface area contributed by atoms with Crippen molar-refractivity contribution in [3.8, 4) is 17.2 Å². The van der Waals surface area contributed by atoms with E-state index in [1.165, 1.54) is 14.0 Å². The molecule has 0 aliphatic heterocycles. The van der Waals surface area contributed by atoms with Crippen LogP contribution >= 0.6 is 0 Å². The van der Waals surface area contributed by atoms with Crippen molar-refractivity contribution in [3.05, 3.63) is 42.5 Å². The summed E-state index contributed by atoms with van der Waals surface area (Å²) in [5.74, 6) is 1.65. The topological polar surface area (TPSA) is 44.8 Å². The summed E-state index contributed by atoms with van der Waals surface area (Å²) in [5, 5.41) is 1.56. The molecule has 0 aromatic heterocycles. The largest absolute Gasteiger partial charge is 0.496 e. The lowest BCUT2D eigenvalue weighted by molar-refractivity contribution is 0.101. The summed E-state index contributed by atoms with van der Waals surface area (Å²) >= 11 is 0. The number of fused-ring (bicyclic) bond motifs is 1. The Morgan fingerprint density at radius 1 is 1.24 bits per heavy atom. The molecule has 0 saturated carbocycles. The molecular weight excluding hydrogens is 268 g/mol. The molecule has 4 heteroatoms. The van der Waals surface area contributed by atoms with Gasteiger partial charge >= 0.3 is 0 Å². The fraction of sp³-hybridized carbons (Fsp3) is 0.235. The Bertz CT molecular complexity index is 689. The lowest BCUT2D eigenvalue weighted by Gasteiger charge is -2.16. The van der Waals surface area contributed by atoms with Crippen molar-refractivity contribution in [3.63, 3.8) is 0 Å². The fourth-order valence-electron chi connectivity index (χ4n) is 2.29. The number of hydrogen-bond donors (Lipinski definition) is 0. The van der Waals surface area contributed by atoms with Crippen LogP contribution in [0.15, 0.2) is 36.9 Å². The predicted molar refractivity (Wildman–Crippen MR) is 82.7 cm³/mol. The molecule has 0 atom stereocenters. The molecule has 0 saturated heterocycles. The highest BCUT2D eigenvalue weighted by Gasteiger charge is 2.19. The molecule has 0 radical (unpaired) electrons. The quantitative estimate of drug-likeness (QED) is 0.601. The van der Waals surface area contributed by atoms with Gasteiger partial charge in [0.1, 0.15) is 23.9 Å². The molecule has 0 amide bonds. The van der Waals surface area contributed by atoms with Crippen LogP contribution in [0.3, 0.4) is 0 Å². The summed E-state index contributed by atoms with van der Waals surface area (Å²) in [5.41, 5.74) is 0.466. The van der Waals surface area contributed by atoms with Gasteiger partial charge in [-0.1, -0.05) is 24.8 Å². The number of carbonyl (C=O) groups excluding carboxylic acids is 1. The summed E-state index contributed by atoms with van der Waals surface area (Å²) in [6, 6.07) is 7.30. The molecule has 4 nitrogen and oxygen atoms in total. The smallest absolute Gasteiger partial charge is 0.163 e. The summed E-state index contributed by atoms with van der Waals surface area (Å²) < 4.78 is 16.5. The normalized spacial score (nSPS) is 10.2. The van der Waals surface area contributed by atoms with E-state index in [9.17, 15) is 4.79 Å². The van der Waals surface area contributed by atoms with E-state index in [4.69, 9.17) is 14.2 Å². The summed E-state index contributed by atoms with van der Waals surface area (Å²) in [7, 11) is 3.12. The molecule has 21 heavy (non-hydrogen) atoms. The number of rotatable bonds is 6. The molecule has 0 aliphatic carbocycles. The fourth-order valence-corrected chi connectivity index (χ4v) is 2.29. The Kier molecular flexibility index (Phi) is 4.48. The second-order valence-electron chi connectivity index (χ2n) is 4.49. The first-order chi connectivity index (χ1) is 10.1. The maximum Gasteiger partial charge on any atom is 0.163 e. The second-order valence-corrected chi connectivity index (χ2v) is 4.49. The Hall–Kier alpha value is -2.49. The van der Waals surface area contributed by atoms with Gasteiger partial charge in [0.05, 0.1) is 25.2 Å². The number of hydrogen-bond acceptors (Lipinski definition) is 4. The van der Waals surface area contributed by atoms with E-state index < -0.39 is 0 Å². The SMILES string of the molecule is C=CCOc1cc(C(C)=O)c(OC)c2c(OC)cccc12. The highest BCUT2D eigenvalue weighted by molar-refractivity contribution is 6.08. The Labute approximate surface area is 123 Å². The van der Waals surface area contributed by atoms with E-state index >= 15 is 0 Å². The third kappa shape index (κ3) is 2.70. The zero-order valence-electron chi connectivity index (χ0n) is 12.4. The molecular formula is C17H18O4. The summed E-state index contributed by atoms with van der Waals surface area (Å²) in [4.78, 5) is 11.9. The van der Waals surface area contributed by atoms with Gasteiger partial charge in [-0.2, -0.15) is 0 Å². The zero-order valence-corrected chi connectivity index (χ0v) is 12.4. The van der Waals surface area contributed by atoms with Gasteiger partial charge < -0.3 is 14.2 Å². The van der Waals surface area contributed by atoms with Crippen LogP contribution < -0.4 is 14.2 Å². The van der Waals surface area contributed by atoms with Crippen LogP contribution in [0.2, 0.25) is 0 Å². The van der Waals surface area contributed by atoms with E-state index in [-0.39, 0.29) is 5.78 Å². The number of benzene rings is 2. The van der Waals surface area contributed by atoms with Crippen molar-refractivity contribution in [2.75, 3.05) is 20.8 Å². The van der Waals surface area contributed by atoms with Gasteiger partial charge in [0.15, 0.2) is 5.78 Å². The monoisotopic (exact) mass is 286 g/mol. The summed E-state index contributed by atoms with van der Waals surface area (Å²) in [6.07, 6.45) is 1.66. The van der Waals surface area contributed by atoms with Crippen LogP contribution in [0, 0.1) is 0 Å². The number of methoxy groups -OCH3 is 2. The first-order valence-corrected chi connectivity index (χ1v) is 6.56. The molecule has 2 rings (SSSR count). The van der Waals surface area contributed by atoms with Crippen molar-refractivity contribution in [1.29, 1.82) is 0 Å². The number of ether oxygens (including phenoxy) is 3. The average Bonchev–Trinajstić information content (AvgIpc) is 2.50. The molecule has 2 aromatic carbocycles. The molecule has 2 aromatic rings. The number of ketones is 1. The Morgan fingerprint density at radius 3 is 2.57 bits per heavy atom. The number of Topliss-reactive ketones (excluding diaryl/α,β-unsaturated/α-hetero) is 1. The standard InChI is InChI=1S/C17H18O4/c1-5-9-21-15-10-13(11(2)18)17(20-4)16-12(15)7-6-8-14(16)19-3/h5-8,10H,1,9H2,2-4H3. The van der Waals surface area contributed by atoms with Crippen molar-refractivity contribution >= 4 is 16.6 Å². The molecule has 110 valence electrons. The lowest BCUT2D eigenvalue weighted by Crippen LogP contribution is -2.03. The summed E-state index contributed by atoms with van der Waals surface area (Å²) in [6.45, 7) is 5.49. The van der Waals surface area contributed by atoms with Crippen LogP contribution in [-0.4, -0.2) is 26.6 Å². The van der Waals surface area contributed by atoms with Crippen LogP contribution in [0.5, 0.6) is 17.2 Å². The van der Waals surface area contributed by atoms with Gasteiger partial charge in [-0.3, -0.25) is 4.79 Å². The van der Waals surface area contributed by atoms with E-state index in [1.807, 2.05) is 18.2 Å². The first-order valence-electron chi connectivity index (χ1n) is 6.56. The molecule has 0 spiro atoms. The second kappa shape index (κ2) is 6.31. The minimum Gasteiger partial charge on any atom is -0.496 e. The van der Waals surface area contributed by atoms with Gasteiger partial charge in [0, 0.05) is 5.39 Å². The minimum atomic E-state index is -0.0943. The molecule has 0 heterocycles. The van der Waals surface area contributed by atoms with Crippen molar-refractivity contribution < 1.29 is 19.0 Å². The van der Waals surface area contributed by atoms with Gasteiger partial charge in [0.25, 0.3) is 0 Å². The molecule has 0 bridgehead atoms. The Balaban J connectivity index is 2.85. The maximum absolute atomic E-state index is 11.9. The molecule has 0 aliphatic rings. The molecule has 0 N–H and O–H groups in total.